The minimum Gasteiger partial charge on any atom is -0.247 e. The average Bonchev–Trinajstić information content (AvgIpc) is 2.16. The molecule has 1 aromatic carbocycles. The van der Waals surface area contributed by atoms with E-state index in [0.29, 0.717) is 11.8 Å². The molecule has 1 aromatic rings. The fourth-order valence-electron chi connectivity index (χ4n) is 1.16. The molecule has 1 rings (SSSR count). The second-order valence-electron chi connectivity index (χ2n) is 3.28. The summed E-state index contributed by atoms with van der Waals surface area (Å²) in [6.45, 7) is 2.06. The Balaban J connectivity index is 2.41. The van der Waals surface area contributed by atoms with Crippen LogP contribution in [0.4, 0.5) is 4.39 Å². The molecule has 1 atom stereocenters. The van der Waals surface area contributed by atoms with Crippen LogP contribution >= 0.6 is 15.9 Å². The van der Waals surface area contributed by atoms with Crippen molar-refractivity contribution >= 4 is 15.9 Å². The molecule has 0 N–H and O–H groups in total. The molecule has 0 saturated heterocycles. The Labute approximate surface area is 87.3 Å². The smallest absolute Gasteiger partial charge is 0.110 e. The lowest BCUT2D eigenvalue weighted by molar-refractivity contribution is 0.349. The highest BCUT2D eigenvalue weighted by Gasteiger charge is 2.03. The number of benzene rings is 1. The molecule has 0 fully saturated rings. The molecule has 0 amide bonds. The van der Waals surface area contributed by atoms with Crippen LogP contribution in [0.15, 0.2) is 24.3 Å². The van der Waals surface area contributed by atoms with Gasteiger partial charge in [0, 0.05) is 5.33 Å². The van der Waals surface area contributed by atoms with Crippen LogP contribution in [0.2, 0.25) is 0 Å². The summed E-state index contributed by atoms with van der Waals surface area (Å²) in [6.07, 6.45) is 0.711. The van der Waals surface area contributed by atoms with Gasteiger partial charge in [0.25, 0.3) is 0 Å². The van der Waals surface area contributed by atoms with Crippen molar-refractivity contribution in [3.8, 4) is 0 Å². The molecular weight excluding hydrogens is 231 g/mol. The Morgan fingerprint density at radius 1 is 1.31 bits per heavy atom. The van der Waals surface area contributed by atoms with Crippen LogP contribution in [0, 0.1) is 6.92 Å². The number of hydrogen-bond donors (Lipinski definition) is 0. The molecule has 0 heterocycles. The lowest BCUT2D eigenvalue weighted by Crippen LogP contribution is -2.02. The van der Waals surface area contributed by atoms with Crippen molar-refractivity contribution in [3.63, 3.8) is 0 Å². The van der Waals surface area contributed by atoms with Gasteiger partial charge < -0.3 is 0 Å². The lowest BCUT2D eigenvalue weighted by Gasteiger charge is -2.04. The number of aryl methyl sites for hydroxylation is 2. The van der Waals surface area contributed by atoms with Gasteiger partial charge in [0.15, 0.2) is 0 Å². The maximum Gasteiger partial charge on any atom is 0.110 e. The molecule has 0 aliphatic heterocycles. The molecule has 0 radical (unpaired) electrons. The van der Waals surface area contributed by atoms with Crippen molar-refractivity contribution < 1.29 is 4.39 Å². The fourth-order valence-corrected chi connectivity index (χ4v) is 1.48. The molecule has 0 aliphatic carbocycles. The van der Waals surface area contributed by atoms with Crippen molar-refractivity contribution in [1.82, 2.24) is 0 Å². The summed E-state index contributed by atoms with van der Waals surface area (Å²) in [7, 11) is 0. The van der Waals surface area contributed by atoms with E-state index in [2.05, 4.69) is 47.1 Å². The molecule has 13 heavy (non-hydrogen) atoms. The molecule has 1 unspecified atom stereocenters. The van der Waals surface area contributed by atoms with Gasteiger partial charge in [0.05, 0.1) is 0 Å². The van der Waals surface area contributed by atoms with E-state index < -0.39 is 6.17 Å². The highest BCUT2D eigenvalue weighted by molar-refractivity contribution is 9.09. The summed E-state index contributed by atoms with van der Waals surface area (Å²) >= 11 is 3.12. The predicted molar refractivity (Wildman–Crippen MR) is 58.2 cm³/mol. The zero-order chi connectivity index (χ0) is 9.68. The van der Waals surface area contributed by atoms with Crippen molar-refractivity contribution in [2.45, 2.75) is 25.9 Å². The summed E-state index contributed by atoms with van der Waals surface area (Å²) < 4.78 is 12.9. The van der Waals surface area contributed by atoms with Crippen LogP contribution in [0.1, 0.15) is 17.5 Å². The van der Waals surface area contributed by atoms with E-state index in [1.54, 1.807) is 0 Å². The Morgan fingerprint density at radius 2 is 1.92 bits per heavy atom. The highest BCUT2D eigenvalue weighted by Crippen LogP contribution is 2.10. The lowest BCUT2D eigenvalue weighted by atomic mass is 10.1. The van der Waals surface area contributed by atoms with E-state index in [1.165, 1.54) is 11.1 Å². The van der Waals surface area contributed by atoms with Crippen molar-refractivity contribution in [3.05, 3.63) is 35.4 Å². The quantitative estimate of drug-likeness (QED) is 0.710. The SMILES string of the molecule is Cc1ccc(CCC(F)CBr)cc1. The van der Waals surface area contributed by atoms with E-state index in [0.717, 1.165) is 6.42 Å². The molecule has 0 aliphatic rings. The third-order valence-electron chi connectivity index (χ3n) is 2.03. The van der Waals surface area contributed by atoms with Crippen LogP contribution in [0.3, 0.4) is 0 Å². The zero-order valence-corrected chi connectivity index (χ0v) is 9.35. The summed E-state index contributed by atoms with van der Waals surface area (Å²) in [5.74, 6) is 0. The van der Waals surface area contributed by atoms with Gasteiger partial charge in [-0.05, 0) is 25.3 Å². The van der Waals surface area contributed by atoms with E-state index in [1.807, 2.05) is 0 Å². The number of halogens is 2. The minimum absolute atomic E-state index is 0.443. The Kier molecular flexibility index (Phi) is 4.43. The molecule has 0 aromatic heterocycles. The normalized spacial score (nSPS) is 12.8. The van der Waals surface area contributed by atoms with Crippen LogP contribution in [-0.2, 0) is 6.42 Å². The first kappa shape index (κ1) is 10.7. The van der Waals surface area contributed by atoms with Gasteiger partial charge in [-0.25, -0.2) is 4.39 Å². The van der Waals surface area contributed by atoms with E-state index in [4.69, 9.17) is 0 Å². The summed E-state index contributed by atoms with van der Waals surface area (Å²) in [4.78, 5) is 0. The zero-order valence-electron chi connectivity index (χ0n) is 7.76. The van der Waals surface area contributed by atoms with Gasteiger partial charge in [-0.15, -0.1) is 0 Å². The number of hydrogen-bond acceptors (Lipinski definition) is 0. The topological polar surface area (TPSA) is 0 Å². The molecule has 2 heteroatoms. The summed E-state index contributed by atoms with van der Waals surface area (Å²) in [5.41, 5.74) is 2.47. The Hall–Kier alpha value is -0.370. The van der Waals surface area contributed by atoms with Gasteiger partial charge >= 0.3 is 0 Å². The van der Waals surface area contributed by atoms with Crippen LogP contribution in [0.25, 0.3) is 0 Å². The number of alkyl halides is 2. The summed E-state index contributed by atoms with van der Waals surface area (Å²) in [6, 6.07) is 8.26. The number of rotatable bonds is 4. The van der Waals surface area contributed by atoms with E-state index >= 15 is 0 Å². The standard InChI is InChI=1S/C11H14BrF/c1-9-2-4-10(5-3-9)6-7-11(13)8-12/h2-5,11H,6-8H2,1H3. The Bertz CT molecular complexity index is 243. The molecule has 0 saturated carbocycles. The van der Waals surface area contributed by atoms with Crippen molar-refractivity contribution in [1.29, 1.82) is 0 Å². The van der Waals surface area contributed by atoms with E-state index in [9.17, 15) is 4.39 Å². The fraction of sp³-hybridized carbons (Fsp3) is 0.455. The first-order chi connectivity index (χ1) is 6.22. The van der Waals surface area contributed by atoms with Gasteiger partial charge in [-0.2, -0.15) is 0 Å². The van der Waals surface area contributed by atoms with Gasteiger partial charge in [0.2, 0.25) is 0 Å². The average molecular weight is 245 g/mol. The molecule has 72 valence electrons. The molecular formula is C11H14BrF. The maximum atomic E-state index is 12.9. The van der Waals surface area contributed by atoms with Crippen molar-refractivity contribution in [2.75, 3.05) is 5.33 Å². The highest BCUT2D eigenvalue weighted by atomic mass is 79.9. The summed E-state index contributed by atoms with van der Waals surface area (Å²) in [5, 5.41) is 0.443. The largest absolute Gasteiger partial charge is 0.247 e. The van der Waals surface area contributed by atoms with Crippen LogP contribution < -0.4 is 0 Å². The molecule has 0 nitrogen and oxygen atoms in total. The first-order valence-electron chi connectivity index (χ1n) is 4.48. The van der Waals surface area contributed by atoms with Crippen LogP contribution in [0.5, 0.6) is 0 Å². The second kappa shape index (κ2) is 5.38. The Morgan fingerprint density at radius 3 is 2.46 bits per heavy atom. The monoisotopic (exact) mass is 244 g/mol. The van der Waals surface area contributed by atoms with Gasteiger partial charge in [-0.3, -0.25) is 0 Å². The van der Waals surface area contributed by atoms with Gasteiger partial charge in [-0.1, -0.05) is 45.8 Å². The molecule has 0 spiro atoms. The van der Waals surface area contributed by atoms with Crippen LogP contribution in [-0.4, -0.2) is 11.5 Å². The van der Waals surface area contributed by atoms with E-state index in [-0.39, 0.29) is 0 Å². The van der Waals surface area contributed by atoms with Gasteiger partial charge in [0.1, 0.15) is 6.17 Å². The predicted octanol–water partition coefficient (Wildman–Crippen LogP) is 3.66. The second-order valence-corrected chi connectivity index (χ2v) is 3.92. The third-order valence-corrected chi connectivity index (χ3v) is 2.74. The van der Waals surface area contributed by atoms with Crippen molar-refractivity contribution in [2.24, 2.45) is 0 Å². The maximum absolute atomic E-state index is 12.9. The minimum atomic E-state index is -0.721. The first-order valence-corrected chi connectivity index (χ1v) is 5.60. The third kappa shape index (κ3) is 3.90. The molecule has 0 bridgehead atoms.